The lowest BCUT2D eigenvalue weighted by Gasteiger charge is -2.16. The molecule has 2 aromatic carbocycles. The van der Waals surface area contributed by atoms with E-state index >= 15 is 0 Å². The Labute approximate surface area is 122 Å². The van der Waals surface area contributed by atoms with E-state index in [-0.39, 0.29) is 13.2 Å². The molecule has 0 spiro atoms. The molecule has 0 aliphatic carbocycles. The largest absolute Gasteiger partial charge is 0.496 e. The lowest BCUT2D eigenvalue weighted by molar-refractivity contribution is 0.0329. The third kappa shape index (κ3) is 3.15. The molecular formula is C15H17ClO4. The molecule has 2 aromatic rings. The monoisotopic (exact) mass is 296 g/mol. The first-order valence-electron chi connectivity index (χ1n) is 6.22. The molecule has 0 radical (unpaired) electrons. The highest BCUT2D eigenvalue weighted by Crippen LogP contribution is 2.39. The highest BCUT2D eigenvalue weighted by atomic mass is 35.5. The molecule has 1 N–H and O–H groups in total. The molecule has 0 saturated carbocycles. The van der Waals surface area contributed by atoms with Crippen LogP contribution in [0.5, 0.6) is 11.5 Å². The summed E-state index contributed by atoms with van der Waals surface area (Å²) < 4.78 is 15.8. The number of hydrogen-bond donors (Lipinski definition) is 1. The summed E-state index contributed by atoms with van der Waals surface area (Å²) in [6.45, 7) is 0.329. The van der Waals surface area contributed by atoms with E-state index < -0.39 is 6.10 Å². The van der Waals surface area contributed by atoms with Crippen LogP contribution in [-0.2, 0) is 4.74 Å². The number of methoxy groups -OCH3 is 2. The van der Waals surface area contributed by atoms with Crippen LogP contribution < -0.4 is 9.47 Å². The first kappa shape index (κ1) is 14.9. The van der Waals surface area contributed by atoms with Crippen LogP contribution in [0.4, 0.5) is 0 Å². The fourth-order valence-corrected chi connectivity index (χ4v) is 2.27. The van der Waals surface area contributed by atoms with Crippen LogP contribution in [-0.4, -0.2) is 38.6 Å². The van der Waals surface area contributed by atoms with Crippen molar-refractivity contribution >= 4 is 22.4 Å². The van der Waals surface area contributed by atoms with Gasteiger partial charge in [-0.1, -0.05) is 35.9 Å². The maximum atomic E-state index is 9.66. The van der Waals surface area contributed by atoms with Gasteiger partial charge in [-0.15, -0.1) is 0 Å². The van der Waals surface area contributed by atoms with E-state index in [1.54, 1.807) is 13.2 Å². The Kier molecular flexibility index (Phi) is 5.06. The van der Waals surface area contributed by atoms with Gasteiger partial charge in [-0.2, -0.15) is 0 Å². The molecule has 108 valence electrons. The average molecular weight is 297 g/mol. The fourth-order valence-electron chi connectivity index (χ4n) is 2.02. The molecule has 0 amide bonds. The van der Waals surface area contributed by atoms with E-state index in [0.717, 1.165) is 10.8 Å². The predicted molar refractivity (Wildman–Crippen MR) is 78.9 cm³/mol. The minimum Gasteiger partial charge on any atom is -0.496 e. The quantitative estimate of drug-likeness (QED) is 0.890. The van der Waals surface area contributed by atoms with Crippen molar-refractivity contribution in [3.63, 3.8) is 0 Å². The number of rotatable bonds is 6. The second kappa shape index (κ2) is 6.79. The predicted octanol–water partition coefficient (Wildman–Crippen LogP) is 2.89. The zero-order valence-electron chi connectivity index (χ0n) is 11.4. The van der Waals surface area contributed by atoms with E-state index in [2.05, 4.69) is 0 Å². The smallest absolute Gasteiger partial charge is 0.146 e. The number of halogens is 1. The van der Waals surface area contributed by atoms with E-state index in [0.29, 0.717) is 16.5 Å². The van der Waals surface area contributed by atoms with Crippen LogP contribution in [0.3, 0.4) is 0 Å². The van der Waals surface area contributed by atoms with E-state index in [1.807, 2.05) is 24.3 Å². The Balaban J connectivity index is 2.35. The first-order valence-corrected chi connectivity index (χ1v) is 6.60. The third-order valence-electron chi connectivity index (χ3n) is 2.91. The summed E-state index contributed by atoms with van der Waals surface area (Å²) in [5.74, 6) is 1.23. The van der Waals surface area contributed by atoms with Gasteiger partial charge in [-0.05, 0) is 0 Å². The molecule has 1 unspecified atom stereocenters. The van der Waals surface area contributed by atoms with Crippen molar-refractivity contribution in [2.24, 2.45) is 0 Å². The van der Waals surface area contributed by atoms with Crippen LogP contribution in [0.15, 0.2) is 30.3 Å². The standard InChI is InChI=1S/C15H17ClO4/c1-18-8-10(17)9-20-15-12-6-4-3-5-11(12)14(19-2)7-13(15)16/h3-7,10,17H,8-9H2,1-2H3. The number of benzene rings is 2. The molecule has 0 heterocycles. The molecule has 2 rings (SSSR count). The number of aliphatic hydroxyl groups excluding tert-OH is 1. The Morgan fingerprint density at radius 1 is 1.15 bits per heavy atom. The molecular weight excluding hydrogens is 280 g/mol. The van der Waals surface area contributed by atoms with Gasteiger partial charge >= 0.3 is 0 Å². The second-order valence-corrected chi connectivity index (χ2v) is 4.76. The lowest BCUT2D eigenvalue weighted by Crippen LogP contribution is -2.22. The van der Waals surface area contributed by atoms with Crippen molar-refractivity contribution in [2.45, 2.75) is 6.10 Å². The summed E-state index contributed by atoms with van der Waals surface area (Å²) >= 11 is 6.23. The maximum Gasteiger partial charge on any atom is 0.146 e. The SMILES string of the molecule is COCC(O)COc1c(Cl)cc(OC)c2ccccc12. The summed E-state index contributed by atoms with van der Waals surface area (Å²) in [4.78, 5) is 0. The molecule has 20 heavy (non-hydrogen) atoms. The summed E-state index contributed by atoms with van der Waals surface area (Å²) in [6.07, 6.45) is -0.697. The number of hydrogen-bond acceptors (Lipinski definition) is 4. The molecule has 1 atom stereocenters. The summed E-state index contributed by atoms with van der Waals surface area (Å²) in [5, 5.41) is 11.9. The zero-order valence-corrected chi connectivity index (χ0v) is 12.2. The Morgan fingerprint density at radius 3 is 2.50 bits per heavy atom. The molecule has 0 aromatic heterocycles. The van der Waals surface area contributed by atoms with Crippen LogP contribution in [0, 0.1) is 0 Å². The normalized spacial score (nSPS) is 12.4. The highest BCUT2D eigenvalue weighted by Gasteiger charge is 2.14. The highest BCUT2D eigenvalue weighted by molar-refractivity contribution is 6.33. The summed E-state index contributed by atoms with van der Waals surface area (Å²) in [5.41, 5.74) is 0. The van der Waals surface area contributed by atoms with Crippen molar-refractivity contribution in [2.75, 3.05) is 27.4 Å². The zero-order chi connectivity index (χ0) is 14.5. The van der Waals surface area contributed by atoms with Gasteiger partial charge in [-0.3, -0.25) is 0 Å². The molecule has 0 aliphatic rings. The third-order valence-corrected chi connectivity index (χ3v) is 3.19. The summed E-state index contributed by atoms with van der Waals surface area (Å²) in [6, 6.07) is 9.37. The van der Waals surface area contributed by atoms with Crippen molar-refractivity contribution in [1.29, 1.82) is 0 Å². The minimum absolute atomic E-state index is 0.115. The molecule has 0 saturated heterocycles. The van der Waals surface area contributed by atoms with Gasteiger partial charge in [0.2, 0.25) is 0 Å². The Bertz CT molecular complexity index is 585. The number of ether oxygens (including phenoxy) is 3. The minimum atomic E-state index is -0.697. The maximum absolute atomic E-state index is 9.66. The number of fused-ring (bicyclic) bond motifs is 1. The van der Waals surface area contributed by atoms with Gasteiger partial charge in [0.1, 0.15) is 24.2 Å². The van der Waals surface area contributed by atoms with Gasteiger partial charge < -0.3 is 19.3 Å². The first-order chi connectivity index (χ1) is 9.67. The van der Waals surface area contributed by atoms with Crippen molar-refractivity contribution in [3.05, 3.63) is 35.4 Å². The lowest BCUT2D eigenvalue weighted by atomic mass is 10.1. The molecule has 4 nitrogen and oxygen atoms in total. The number of aliphatic hydroxyl groups is 1. The van der Waals surface area contributed by atoms with Gasteiger partial charge in [0.15, 0.2) is 0 Å². The topological polar surface area (TPSA) is 47.9 Å². The van der Waals surface area contributed by atoms with Crippen LogP contribution in [0.2, 0.25) is 5.02 Å². The van der Waals surface area contributed by atoms with Crippen molar-refractivity contribution < 1.29 is 19.3 Å². The Morgan fingerprint density at radius 2 is 1.85 bits per heavy atom. The fraction of sp³-hybridized carbons (Fsp3) is 0.333. The van der Waals surface area contributed by atoms with Crippen molar-refractivity contribution in [1.82, 2.24) is 0 Å². The van der Waals surface area contributed by atoms with Crippen LogP contribution >= 0.6 is 11.6 Å². The molecule has 0 aliphatic heterocycles. The average Bonchev–Trinajstić information content (AvgIpc) is 2.46. The molecule has 0 bridgehead atoms. The summed E-state index contributed by atoms with van der Waals surface area (Å²) in [7, 11) is 3.12. The molecule has 0 fully saturated rings. The van der Waals surface area contributed by atoms with E-state index in [1.165, 1.54) is 7.11 Å². The van der Waals surface area contributed by atoms with E-state index in [4.69, 9.17) is 25.8 Å². The van der Waals surface area contributed by atoms with E-state index in [9.17, 15) is 5.11 Å². The van der Waals surface area contributed by atoms with Gasteiger partial charge in [0, 0.05) is 23.9 Å². The van der Waals surface area contributed by atoms with Crippen LogP contribution in [0.1, 0.15) is 0 Å². The van der Waals surface area contributed by atoms with Gasteiger partial charge in [-0.25, -0.2) is 0 Å². The van der Waals surface area contributed by atoms with Gasteiger partial charge in [0.05, 0.1) is 18.7 Å². The Hall–Kier alpha value is -1.49. The molecule has 5 heteroatoms. The van der Waals surface area contributed by atoms with Gasteiger partial charge in [0.25, 0.3) is 0 Å². The second-order valence-electron chi connectivity index (χ2n) is 4.36. The van der Waals surface area contributed by atoms with Crippen molar-refractivity contribution in [3.8, 4) is 11.5 Å². The van der Waals surface area contributed by atoms with Crippen LogP contribution in [0.25, 0.3) is 10.8 Å².